The van der Waals surface area contributed by atoms with Crippen molar-refractivity contribution in [3.63, 3.8) is 0 Å². The second-order valence-electron chi connectivity index (χ2n) is 4.05. The molecule has 1 rings (SSSR count). The Morgan fingerprint density at radius 1 is 1.63 bits per heavy atom. The third-order valence-electron chi connectivity index (χ3n) is 2.62. The Labute approximate surface area is 113 Å². The van der Waals surface area contributed by atoms with E-state index in [1.807, 2.05) is 19.9 Å². The van der Waals surface area contributed by atoms with E-state index in [2.05, 4.69) is 10.3 Å². The van der Waals surface area contributed by atoms with Gasteiger partial charge >= 0.3 is 6.03 Å². The summed E-state index contributed by atoms with van der Waals surface area (Å²) in [5.41, 5.74) is 0. The van der Waals surface area contributed by atoms with E-state index in [1.165, 1.54) is 4.90 Å². The zero-order chi connectivity index (χ0) is 14.3. The zero-order valence-corrected chi connectivity index (χ0v) is 11.4. The van der Waals surface area contributed by atoms with E-state index >= 15 is 0 Å². The fourth-order valence-electron chi connectivity index (χ4n) is 1.38. The van der Waals surface area contributed by atoms with Gasteiger partial charge in [-0.3, -0.25) is 5.32 Å². The first kappa shape index (κ1) is 14.8. The van der Waals surface area contributed by atoms with Gasteiger partial charge in [0.25, 0.3) is 0 Å². The van der Waals surface area contributed by atoms with Crippen molar-refractivity contribution >= 4 is 11.8 Å². The Morgan fingerprint density at radius 3 is 3.00 bits per heavy atom. The second kappa shape index (κ2) is 7.21. The van der Waals surface area contributed by atoms with Gasteiger partial charge in [-0.05, 0) is 19.9 Å². The van der Waals surface area contributed by atoms with E-state index in [0.29, 0.717) is 18.3 Å². The van der Waals surface area contributed by atoms with Crippen LogP contribution in [-0.2, 0) is 0 Å². The van der Waals surface area contributed by atoms with Crippen LogP contribution in [0.5, 0.6) is 5.88 Å². The fourth-order valence-corrected chi connectivity index (χ4v) is 1.38. The van der Waals surface area contributed by atoms with Gasteiger partial charge in [0.05, 0.1) is 19.1 Å². The molecule has 102 valence electrons. The Morgan fingerprint density at radius 2 is 2.37 bits per heavy atom. The summed E-state index contributed by atoms with van der Waals surface area (Å²) in [6.45, 7) is 4.20. The van der Waals surface area contributed by atoms with E-state index in [9.17, 15) is 4.79 Å². The number of rotatable bonds is 5. The number of ether oxygens (including phenoxy) is 1. The van der Waals surface area contributed by atoms with Crippen molar-refractivity contribution in [3.05, 3.63) is 18.2 Å². The predicted octanol–water partition coefficient (Wildman–Crippen LogP) is 2.25. The standard InChI is InChI=1S/C13H18N4O2/c1-4-19-12-7-5-6-11(15-12)16-13(18)17(3)10(2)8-9-14/h5-7,10H,4,8H2,1-3H3,(H,15,16,18)/t10-/m1/s1. The molecule has 0 unspecified atom stereocenters. The maximum Gasteiger partial charge on any atom is 0.323 e. The van der Waals surface area contributed by atoms with Crippen LogP contribution in [0, 0.1) is 11.3 Å². The highest BCUT2D eigenvalue weighted by Crippen LogP contribution is 2.12. The number of aromatic nitrogens is 1. The number of amides is 2. The molecule has 0 saturated heterocycles. The molecular weight excluding hydrogens is 244 g/mol. The van der Waals surface area contributed by atoms with E-state index in [4.69, 9.17) is 10.00 Å². The van der Waals surface area contributed by atoms with Gasteiger partial charge in [-0.2, -0.15) is 10.2 Å². The molecule has 1 aromatic heterocycles. The van der Waals surface area contributed by atoms with Crippen LogP contribution in [0.15, 0.2) is 18.2 Å². The molecular formula is C13H18N4O2. The molecule has 1 aromatic rings. The van der Waals surface area contributed by atoms with Crippen LogP contribution in [0.3, 0.4) is 0 Å². The van der Waals surface area contributed by atoms with Crippen LogP contribution in [0.1, 0.15) is 20.3 Å². The molecule has 0 aromatic carbocycles. The summed E-state index contributed by atoms with van der Waals surface area (Å²) < 4.78 is 5.26. The van der Waals surface area contributed by atoms with Crippen molar-refractivity contribution in [2.24, 2.45) is 0 Å². The van der Waals surface area contributed by atoms with Gasteiger partial charge in [0.15, 0.2) is 0 Å². The summed E-state index contributed by atoms with van der Waals surface area (Å²) in [7, 11) is 1.64. The average Bonchev–Trinajstić information content (AvgIpc) is 2.39. The lowest BCUT2D eigenvalue weighted by atomic mass is 10.2. The van der Waals surface area contributed by atoms with Crippen molar-refractivity contribution in [1.29, 1.82) is 5.26 Å². The van der Waals surface area contributed by atoms with Crippen LogP contribution in [0.25, 0.3) is 0 Å². The van der Waals surface area contributed by atoms with Crippen LogP contribution in [0.2, 0.25) is 0 Å². The number of hydrogen-bond donors (Lipinski definition) is 1. The summed E-state index contributed by atoms with van der Waals surface area (Å²) in [4.78, 5) is 17.5. The number of nitriles is 1. The Balaban J connectivity index is 2.66. The van der Waals surface area contributed by atoms with Crippen LogP contribution < -0.4 is 10.1 Å². The number of pyridine rings is 1. The molecule has 0 bridgehead atoms. The van der Waals surface area contributed by atoms with E-state index in [1.54, 1.807) is 25.2 Å². The zero-order valence-electron chi connectivity index (χ0n) is 11.4. The largest absolute Gasteiger partial charge is 0.478 e. The maximum absolute atomic E-state index is 11.9. The minimum absolute atomic E-state index is 0.153. The number of anilines is 1. The van der Waals surface area contributed by atoms with Crippen molar-refractivity contribution in [3.8, 4) is 11.9 Å². The number of urea groups is 1. The summed E-state index contributed by atoms with van der Waals surface area (Å²) >= 11 is 0. The van der Waals surface area contributed by atoms with Gasteiger partial charge in [0, 0.05) is 19.2 Å². The van der Waals surface area contributed by atoms with E-state index in [-0.39, 0.29) is 18.5 Å². The lowest BCUT2D eigenvalue weighted by Crippen LogP contribution is -2.38. The maximum atomic E-state index is 11.9. The lowest BCUT2D eigenvalue weighted by Gasteiger charge is -2.23. The quantitative estimate of drug-likeness (QED) is 0.882. The molecule has 0 spiro atoms. The monoisotopic (exact) mass is 262 g/mol. The molecule has 1 atom stereocenters. The molecule has 0 aliphatic rings. The first-order valence-corrected chi connectivity index (χ1v) is 6.09. The molecule has 0 radical (unpaired) electrons. The first-order valence-electron chi connectivity index (χ1n) is 6.09. The molecule has 0 aliphatic heterocycles. The molecule has 0 aliphatic carbocycles. The third-order valence-corrected chi connectivity index (χ3v) is 2.62. The summed E-state index contributed by atoms with van der Waals surface area (Å²) in [5.74, 6) is 0.889. The molecule has 0 saturated carbocycles. The van der Waals surface area contributed by atoms with Crippen molar-refractivity contribution in [2.45, 2.75) is 26.3 Å². The Bertz CT molecular complexity index is 470. The highest BCUT2D eigenvalue weighted by Gasteiger charge is 2.15. The normalized spacial score (nSPS) is 11.3. The molecule has 1 heterocycles. The number of carbonyl (C=O) groups is 1. The fraction of sp³-hybridized carbons (Fsp3) is 0.462. The van der Waals surface area contributed by atoms with E-state index < -0.39 is 0 Å². The topological polar surface area (TPSA) is 78.2 Å². The number of carbonyl (C=O) groups excluding carboxylic acids is 1. The molecule has 6 nitrogen and oxygen atoms in total. The SMILES string of the molecule is CCOc1cccc(NC(=O)N(C)[C@H](C)CC#N)n1. The van der Waals surface area contributed by atoms with E-state index in [0.717, 1.165) is 0 Å². The van der Waals surface area contributed by atoms with Gasteiger partial charge in [0.1, 0.15) is 5.82 Å². The van der Waals surface area contributed by atoms with Gasteiger partial charge in [-0.15, -0.1) is 0 Å². The number of nitrogens with one attached hydrogen (secondary N) is 1. The van der Waals surface area contributed by atoms with Gasteiger partial charge in [-0.25, -0.2) is 4.79 Å². The first-order chi connectivity index (χ1) is 9.08. The van der Waals surface area contributed by atoms with Crippen LogP contribution in [0.4, 0.5) is 10.6 Å². The minimum Gasteiger partial charge on any atom is -0.478 e. The molecule has 19 heavy (non-hydrogen) atoms. The summed E-state index contributed by atoms with van der Waals surface area (Å²) in [6.07, 6.45) is 0.288. The van der Waals surface area contributed by atoms with Crippen molar-refractivity contribution in [1.82, 2.24) is 9.88 Å². The molecule has 1 N–H and O–H groups in total. The third kappa shape index (κ3) is 4.47. The Hall–Kier alpha value is -2.29. The number of hydrogen-bond acceptors (Lipinski definition) is 4. The van der Waals surface area contributed by atoms with Gasteiger partial charge in [0.2, 0.25) is 5.88 Å². The summed E-state index contributed by atoms with van der Waals surface area (Å²) in [6, 6.07) is 6.74. The highest BCUT2D eigenvalue weighted by atomic mass is 16.5. The van der Waals surface area contributed by atoms with Crippen LogP contribution >= 0.6 is 0 Å². The lowest BCUT2D eigenvalue weighted by molar-refractivity contribution is 0.208. The van der Waals surface area contributed by atoms with Crippen molar-refractivity contribution < 1.29 is 9.53 Å². The smallest absolute Gasteiger partial charge is 0.323 e. The second-order valence-corrected chi connectivity index (χ2v) is 4.05. The average molecular weight is 262 g/mol. The minimum atomic E-state index is -0.302. The number of nitrogens with zero attached hydrogens (tertiary/aromatic N) is 3. The Kier molecular flexibility index (Phi) is 5.61. The molecule has 0 fully saturated rings. The summed E-state index contributed by atoms with van der Waals surface area (Å²) in [5, 5.41) is 11.3. The van der Waals surface area contributed by atoms with Gasteiger partial charge in [-0.1, -0.05) is 6.07 Å². The van der Waals surface area contributed by atoms with Gasteiger partial charge < -0.3 is 9.64 Å². The highest BCUT2D eigenvalue weighted by molar-refractivity contribution is 5.88. The molecule has 2 amide bonds. The van der Waals surface area contributed by atoms with Crippen molar-refractivity contribution in [2.75, 3.05) is 19.0 Å². The predicted molar refractivity (Wildman–Crippen MR) is 71.9 cm³/mol. The molecule has 6 heteroatoms. The van der Waals surface area contributed by atoms with Crippen LogP contribution in [-0.4, -0.2) is 35.6 Å².